The Kier molecular flexibility index (Phi) is 5.94. The molecule has 0 saturated heterocycles. The van der Waals surface area contributed by atoms with E-state index < -0.39 is 15.9 Å². The Balaban J connectivity index is 2.13. The number of hydrazone groups is 1. The van der Waals surface area contributed by atoms with Crippen LogP contribution in [0.1, 0.15) is 21.6 Å². The quantitative estimate of drug-likeness (QED) is 0.373. The van der Waals surface area contributed by atoms with E-state index >= 15 is 0 Å². The molecule has 1 heterocycles. The van der Waals surface area contributed by atoms with E-state index in [1.807, 2.05) is 6.92 Å². The fourth-order valence-corrected chi connectivity index (χ4v) is 2.99. The standard InChI is InChI=1S/C16H20N4O4S/c1-12-3-5-15(6-4-12)25(23,24)19-16(22)13-9-14(20(2)11-13)10-18-17-7-8-21/h3-6,9-11,17,21H,7-8H2,1-2H3,(H,19,22)/b18-10-. The van der Waals surface area contributed by atoms with Gasteiger partial charge in [-0.25, -0.2) is 13.1 Å². The Morgan fingerprint density at radius 3 is 2.64 bits per heavy atom. The number of aliphatic hydroxyl groups excluding tert-OH is 1. The lowest BCUT2D eigenvalue weighted by molar-refractivity contribution is 0.0981. The summed E-state index contributed by atoms with van der Waals surface area (Å²) in [7, 11) is -2.23. The average Bonchev–Trinajstić information content (AvgIpc) is 2.93. The molecule has 1 aromatic carbocycles. The Labute approximate surface area is 146 Å². The Bertz CT molecular complexity index is 870. The fourth-order valence-electron chi connectivity index (χ4n) is 2.02. The molecule has 0 aliphatic rings. The van der Waals surface area contributed by atoms with Crippen LogP contribution < -0.4 is 10.1 Å². The average molecular weight is 364 g/mol. The van der Waals surface area contributed by atoms with Gasteiger partial charge in [0, 0.05) is 13.2 Å². The van der Waals surface area contributed by atoms with Crippen molar-refractivity contribution in [2.24, 2.45) is 12.1 Å². The molecule has 1 amide bonds. The van der Waals surface area contributed by atoms with Gasteiger partial charge in [-0.1, -0.05) is 17.7 Å². The first-order chi connectivity index (χ1) is 11.8. The summed E-state index contributed by atoms with van der Waals surface area (Å²) in [6.45, 7) is 2.11. The van der Waals surface area contributed by atoms with Crippen LogP contribution in [-0.2, 0) is 17.1 Å². The lowest BCUT2D eigenvalue weighted by Crippen LogP contribution is -2.30. The smallest absolute Gasteiger partial charge is 0.266 e. The molecule has 134 valence electrons. The van der Waals surface area contributed by atoms with Crippen LogP contribution in [0.4, 0.5) is 0 Å². The van der Waals surface area contributed by atoms with E-state index in [4.69, 9.17) is 5.11 Å². The number of rotatable bonds is 7. The molecule has 0 bridgehead atoms. The topological polar surface area (TPSA) is 113 Å². The van der Waals surface area contributed by atoms with Crippen molar-refractivity contribution < 1.29 is 18.3 Å². The fraction of sp³-hybridized carbons (Fsp3) is 0.250. The number of benzene rings is 1. The lowest BCUT2D eigenvalue weighted by Gasteiger charge is -2.06. The molecule has 3 N–H and O–H groups in total. The zero-order valence-electron chi connectivity index (χ0n) is 13.9. The van der Waals surface area contributed by atoms with Gasteiger partial charge in [0.2, 0.25) is 0 Å². The minimum atomic E-state index is -3.93. The predicted octanol–water partition coefficient (Wildman–Crippen LogP) is 0.368. The van der Waals surface area contributed by atoms with Crippen LogP contribution in [-0.4, -0.2) is 43.4 Å². The highest BCUT2D eigenvalue weighted by Gasteiger charge is 2.19. The number of aromatic nitrogens is 1. The van der Waals surface area contributed by atoms with Gasteiger partial charge in [-0.3, -0.25) is 4.79 Å². The van der Waals surface area contributed by atoms with Gasteiger partial charge in [-0.2, -0.15) is 5.10 Å². The number of aliphatic hydroxyl groups is 1. The zero-order chi connectivity index (χ0) is 18.4. The molecule has 0 aliphatic carbocycles. The van der Waals surface area contributed by atoms with Crippen LogP contribution in [0.15, 0.2) is 46.5 Å². The van der Waals surface area contributed by atoms with E-state index in [1.54, 1.807) is 23.7 Å². The first-order valence-electron chi connectivity index (χ1n) is 7.50. The second-order valence-electron chi connectivity index (χ2n) is 5.40. The van der Waals surface area contributed by atoms with Crippen molar-refractivity contribution in [2.75, 3.05) is 13.2 Å². The van der Waals surface area contributed by atoms with Crippen LogP contribution in [0.25, 0.3) is 0 Å². The van der Waals surface area contributed by atoms with E-state index in [-0.39, 0.29) is 17.1 Å². The van der Waals surface area contributed by atoms with Crippen LogP contribution in [0.2, 0.25) is 0 Å². The number of aryl methyl sites for hydroxylation is 2. The van der Waals surface area contributed by atoms with Gasteiger partial charge in [0.15, 0.2) is 0 Å². The lowest BCUT2D eigenvalue weighted by atomic mass is 10.2. The van der Waals surface area contributed by atoms with Crippen molar-refractivity contribution in [1.82, 2.24) is 14.7 Å². The number of hydrogen-bond acceptors (Lipinski definition) is 6. The third kappa shape index (κ3) is 4.91. The van der Waals surface area contributed by atoms with Crippen molar-refractivity contribution in [3.05, 3.63) is 53.3 Å². The summed E-state index contributed by atoms with van der Waals surface area (Å²) in [5, 5.41) is 12.6. The molecular formula is C16H20N4O4S. The number of carbonyl (C=O) groups is 1. The Morgan fingerprint density at radius 1 is 1.32 bits per heavy atom. The monoisotopic (exact) mass is 364 g/mol. The number of nitrogens with one attached hydrogen (secondary N) is 2. The molecule has 0 saturated carbocycles. The molecule has 2 rings (SSSR count). The van der Waals surface area contributed by atoms with Crippen LogP contribution in [0.3, 0.4) is 0 Å². The SMILES string of the molecule is Cc1ccc(S(=O)(=O)NC(=O)c2cc(/C=N\NCCO)n(C)c2)cc1. The summed E-state index contributed by atoms with van der Waals surface area (Å²) in [5.41, 5.74) is 4.34. The number of amides is 1. The van der Waals surface area contributed by atoms with Crippen molar-refractivity contribution in [1.29, 1.82) is 0 Å². The second-order valence-corrected chi connectivity index (χ2v) is 7.08. The molecule has 9 heteroatoms. The summed E-state index contributed by atoms with van der Waals surface area (Å²) in [5.74, 6) is -0.723. The highest BCUT2D eigenvalue weighted by molar-refractivity contribution is 7.90. The maximum atomic E-state index is 12.3. The molecule has 0 fully saturated rings. The van der Waals surface area contributed by atoms with Crippen molar-refractivity contribution in [2.45, 2.75) is 11.8 Å². The molecule has 0 aliphatic heterocycles. The predicted molar refractivity (Wildman–Crippen MR) is 93.9 cm³/mol. The van der Waals surface area contributed by atoms with E-state index in [0.717, 1.165) is 5.56 Å². The minimum Gasteiger partial charge on any atom is -0.394 e. The van der Waals surface area contributed by atoms with Crippen molar-refractivity contribution >= 4 is 22.1 Å². The molecule has 1 aromatic heterocycles. The van der Waals surface area contributed by atoms with Crippen LogP contribution in [0, 0.1) is 6.92 Å². The summed E-state index contributed by atoms with van der Waals surface area (Å²) in [6, 6.07) is 7.73. The maximum Gasteiger partial charge on any atom is 0.266 e. The van der Waals surface area contributed by atoms with Gasteiger partial charge in [0.1, 0.15) is 0 Å². The molecule has 0 atom stereocenters. The third-order valence-electron chi connectivity index (χ3n) is 3.38. The normalized spacial score (nSPS) is 11.6. The summed E-state index contributed by atoms with van der Waals surface area (Å²) in [4.78, 5) is 12.3. The third-order valence-corrected chi connectivity index (χ3v) is 4.72. The van der Waals surface area contributed by atoms with E-state index in [1.165, 1.54) is 30.6 Å². The van der Waals surface area contributed by atoms with Gasteiger partial charge in [-0.05, 0) is 25.1 Å². The highest BCUT2D eigenvalue weighted by atomic mass is 32.2. The van der Waals surface area contributed by atoms with Gasteiger partial charge in [0.05, 0.1) is 35.5 Å². The van der Waals surface area contributed by atoms with Crippen LogP contribution >= 0.6 is 0 Å². The van der Waals surface area contributed by atoms with E-state index in [9.17, 15) is 13.2 Å². The minimum absolute atomic E-state index is 0.0253. The Morgan fingerprint density at radius 2 is 2.00 bits per heavy atom. The Hall–Kier alpha value is -2.65. The summed E-state index contributed by atoms with van der Waals surface area (Å²) in [6.07, 6.45) is 2.98. The number of hydrogen-bond donors (Lipinski definition) is 3. The highest BCUT2D eigenvalue weighted by Crippen LogP contribution is 2.12. The largest absolute Gasteiger partial charge is 0.394 e. The van der Waals surface area contributed by atoms with E-state index in [0.29, 0.717) is 12.2 Å². The maximum absolute atomic E-state index is 12.3. The zero-order valence-corrected chi connectivity index (χ0v) is 14.7. The number of carbonyl (C=O) groups excluding carboxylic acids is 1. The molecule has 0 radical (unpaired) electrons. The number of nitrogens with zero attached hydrogens (tertiary/aromatic N) is 2. The molecule has 2 aromatic rings. The van der Waals surface area contributed by atoms with Crippen molar-refractivity contribution in [3.8, 4) is 0 Å². The summed E-state index contributed by atoms with van der Waals surface area (Å²) >= 11 is 0. The van der Waals surface area contributed by atoms with E-state index in [2.05, 4.69) is 15.2 Å². The molecule has 8 nitrogen and oxygen atoms in total. The van der Waals surface area contributed by atoms with Gasteiger partial charge >= 0.3 is 0 Å². The van der Waals surface area contributed by atoms with Gasteiger partial charge in [-0.15, -0.1) is 0 Å². The number of sulfonamides is 1. The molecular weight excluding hydrogens is 344 g/mol. The van der Waals surface area contributed by atoms with Gasteiger partial charge in [0.25, 0.3) is 15.9 Å². The molecule has 25 heavy (non-hydrogen) atoms. The molecule has 0 spiro atoms. The van der Waals surface area contributed by atoms with Crippen LogP contribution in [0.5, 0.6) is 0 Å². The summed E-state index contributed by atoms with van der Waals surface area (Å²) < 4.78 is 28.2. The van der Waals surface area contributed by atoms with Gasteiger partial charge < -0.3 is 15.1 Å². The first kappa shape index (κ1) is 18.7. The first-order valence-corrected chi connectivity index (χ1v) is 8.99. The second kappa shape index (κ2) is 7.95. The molecule has 0 unspecified atom stereocenters. The van der Waals surface area contributed by atoms with Crippen molar-refractivity contribution in [3.63, 3.8) is 0 Å².